The molecule has 0 saturated carbocycles. The van der Waals surface area contributed by atoms with Gasteiger partial charge in [-0.1, -0.05) is 6.92 Å². The van der Waals surface area contributed by atoms with Crippen molar-refractivity contribution in [2.24, 2.45) is 0 Å². The number of aromatic nitrogens is 2. The SMILES string of the molecule is CCc1c(C)nn(CC)c1C. The van der Waals surface area contributed by atoms with Crippen molar-refractivity contribution in [3.8, 4) is 0 Å². The van der Waals surface area contributed by atoms with Gasteiger partial charge in [0.05, 0.1) is 5.69 Å². The second kappa shape index (κ2) is 3.07. The molecule has 0 aliphatic rings. The number of aryl methyl sites for hydroxylation is 2. The Balaban J connectivity index is 3.14. The maximum atomic E-state index is 4.42. The molecule has 2 nitrogen and oxygen atoms in total. The van der Waals surface area contributed by atoms with Gasteiger partial charge in [-0.05, 0) is 32.8 Å². The van der Waals surface area contributed by atoms with Crippen LogP contribution in [0.4, 0.5) is 0 Å². The summed E-state index contributed by atoms with van der Waals surface area (Å²) in [7, 11) is 0. The lowest BCUT2D eigenvalue weighted by Crippen LogP contribution is -1.98. The zero-order valence-electron chi connectivity index (χ0n) is 7.81. The summed E-state index contributed by atoms with van der Waals surface area (Å²) >= 11 is 0. The largest absolute Gasteiger partial charge is 0.270 e. The van der Waals surface area contributed by atoms with Crippen LogP contribution in [0.25, 0.3) is 0 Å². The molecule has 0 spiro atoms. The summed E-state index contributed by atoms with van der Waals surface area (Å²) in [6.45, 7) is 9.50. The lowest BCUT2D eigenvalue weighted by atomic mass is 10.1. The van der Waals surface area contributed by atoms with Gasteiger partial charge in [0, 0.05) is 12.2 Å². The third kappa shape index (κ3) is 1.30. The minimum atomic E-state index is 0.979. The highest BCUT2D eigenvalue weighted by molar-refractivity contribution is 5.23. The van der Waals surface area contributed by atoms with Gasteiger partial charge in [0.1, 0.15) is 0 Å². The van der Waals surface area contributed by atoms with Gasteiger partial charge in [0.25, 0.3) is 0 Å². The molecule has 0 aromatic carbocycles. The zero-order chi connectivity index (χ0) is 8.43. The molecule has 0 aliphatic carbocycles. The summed E-state index contributed by atoms with van der Waals surface area (Å²) in [4.78, 5) is 0. The van der Waals surface area contributed by atoms with E-state index in [2.05, 4.69) is 37.5 Å². The number of rotatable bonds is 2. The lowest BCUT2D eigenvalue weighted by molar-refractivity contribution is 0.633. The smallest absolute Gasteiger partial charge is 0.0628 e. The van der Waals surface area contributed by atoms with Crippen molar-refractivity contribution in [2.75, 3.05) is 0 Å². The van der Waals surface area contributed by atoms with Crippen LogP contribution in [0, 0.1) is 13.8 Å². The van der Waals surface area contributed by atoms with Gasteiger partial charge in [-0.2, -0.15) is 5.10 Å². The first-order valence-corrected chi connectivity index (χ1v) is 4.23. The van der Waals surface area contributed by atoms with Crippen molar-refractivity contribution >= 4 is 0 Å². The molecule has 0 atom stereocenters. The molecule has 2 heteroatoms. The van der Waals surface area contributed by atoms with Crippen LogP contribution >= 0.6 is 0 Å². The standard InChI is InChI=1S/C9H16N2/c1-5-9-7(3)10-11(6-2)8(9)4/h5-6H2,1-4H3. The molecule has 0 bridgehead atoms. The Hall–Kier alpha value is -0.790. The van der Waals surface area contributed by atoms with Crippen LogP contribution < -0.4 is 0 Å². The molecule has 0 amide bonds. The highest BCUT2D eigenvalue weighted by Crippen LogP contribution is 2.12. The Morgan fingerprint density at radius 1 is 1.27 bits per heavy atom. The van der Waals surface area contributed by atoms with E-state index >= 15 is 0 Å². The average Bonchev–Trinajstić information content (AvgIpc) is 2.26. The van der Waals surface area contributed by atoms with Crippen molar-refractivity contribution in [3.63, 3.8) is 0 Å². The van der Waals surface area contributed by atoms with E-state index in [0.717, 1.165) is 13.0 Å². The topological polar surface area (TPSA) is 17.8 Å². The van der Waals surface area contributed by atoms with Crippen molar-refractivity contribution in [3.05, 3.63) is 17.0 Å². The molecule has 0 saturated heterocycles. The first-order valence-electron chi connectivity index (χ1n) is 4.23. The fourth-order valence-electron chi connectivity index (χ4n) is 1.55. The fourth-order valence-corrected chi connectivity index (χ4v) is 1.55. The Bertz CT molecular complexity index is 248. The van der Waals surface area contributed by atoms with Crippen molar-refractivity contribution in [1.29, 1.82) is 0 Å². The fraction of sp³-hybridized carbons (Fsp3) is 0.667. The maximum absolute atomic E-state index is 4.42. The molecule has 1 aromatic rings. The molecular formula is C9H16N2. The molecule has 1 heterocycles. The van der Waals surface area contributed by atoms with Crippen LogP contribution in [-0.2, 0) is 13.0 Å². The summed E-state index contributed by atoms with van der Waals surface area (Å²) in [5.74, 6) is 0. The van der Waals surface area contributed by atoms with Gasteiger partial charge in [-0.3, -0.25) is 4.68 Å². The Morgan fingerprint density at radius 2 is 1.91 bits per heavy atom. The van der Waals surface area contributed by atoms with Crippen LogP contribution in [0.2, 0.25) is 0 Å². The van der Waals surface area contributed by atoms with E-state index in [1.165, 1.54) is 17.0 Å². The monoisotopic (exact) mass is 152 g/mol. The molecular weight excluding hydrogens is 136 g/mol. The lowest BCUT2D eigenvalue weighted by Gasteiger charge is -1.98. The Kier molecular flexibility index (Phi) is 2.32. The first kappa shape index (κ1) is 8.31. The summed E-state index contributed by atoms with van der Waals surface area (Å²) in [6, 6.07) is 0. The Labute approximate surface area is 68.2 Å². The molecule has 11 heavy (non-hydrogen) atoms. The summed E-state index contributed by atoms with van der Waals surface area (Å²) in [5.41, 5.74) is 3.92. The van der Waals surface area contributed by atoms with E-state index in [9.17, 15) is 0 Å². The van der Waals surface area contributed by atoms with Crippen LogP contribution in [0.1, 0.15) is 30.8 Å². The highest BCUT2D eigenvalue weighted by Gasteiger charge is 2.06. The average molecular weight is 152 g/mol. The second-order valence-electron chi connectivity index (χ2n) is 2.82. The van der Waals surface area contributed by atoms with Crippen LogP contribution in [-0.4, -0.2) is 9.78 Å². The van der Waals surface area contributed by atoms with Crippen molar-refractivity contribution in [2.45, 2.75) is 40.7 Å². The number of nitrogens with zero attached hydrogens (tertiary/aromatic N) is 2. The highest BCUT2D eigenvalue weighted by atomic mass is 15.3. The molecule has 1 aromatic heterocycles. The van der Waals surface area contributed by atoms with E-state index in [-0.39, 0.29) is 0 Å². The predicted octanol–water partition coefficient (Wildman–Crippen LogP) is 2.08. The normalized spacial score (nSPS) is 10.5. The summed E-state index contributed by atoms with van der Waals surface area (Å²) in [5, 5.41) is 4.42. The first-order chi connectivity index (χ1) is 5.20. The third-order valence-electron chi connectivity index (χ3n) is 2.18. The van der Waals surface area contributed by atoms with Crippen LogP contribution in [0.3, 0.4) is 0 Å². The molecule has 0 unspecified atom stereocenters. The zero-order valence-corrected chi connectivity index (χ0v) is 7.81. The molecule has 62 valence electrons. The number of hydrogen-bond acceptors (Lipinski definition) is 1. The summed E-state index contributed by atoms with van der Waals surface area (Å²) in [6.07, 6.45) is 1.09. The number of hydrogen-bond donors (Lipinski definition) is 0. The van der Waals surface area contributed by atoms with Gasteiger partial charge < -0.3 is 0 Å². The third-order valence-corrected chi connectivity index (χ3v) is 2.18. The molecule has 0 fully saturated rings. The second-order valence-corrected chi connectivity index (χ2v) is 2.82. The molecule has 0 N–H and O–H groups in total. The van der Waals surface area contributed by atoms with Gasteiger partial charge >= 0.3 is 0 Å². The Morgan fingerprint density at radius 3 is 2.18 bits per heavy atom. The predicted molar refractivity (Wildman–Crippen MR) is 46.8 cm³/mol. The van der Waals surface area contributed by atoms with E-state index in [1.807, 2.05) is 0 Å². The minimum Gasteiger partial charge on any atom is -0.270 e. The van der Waals surface area contributed by atoms with Gasteiger partial charge in [-0.25, -0.2) is 0 Å². The van der Waals surface area contributed by atoms with Crippen molar-refractivity contribution < 1.29 is 0 Å². The van der Waals surface area contributed by atoms with Crippen LogP contribution in [0.15, 0.2) is 0 Å². The molecule has 0 radical (unpaired) electrons. The van der Waals surface area contributed by atoms with E-state index in [1.54, 1.807) is 0 Å². The summed E-state index contributed by atoms with van der Waals surface area (Å²) < 4.78 is 2.06. The minimum absolute atomic E-state index is 0.979. The molecule has 0 aliphatic heterocycles. The van der Waals surface area contributed by atoms with Gasteiger partial charge in [0.15, 0.2) is 0 Å². The molecule has 1 rings (SSSR count). The quantitative estimate of drug-likeness (QED) is 0.634. The maximum Gasteiger partial charge on any atom is 0.0628 e. The van der Waals surface area contributed by atoms with Gasteiger partial charge in [0.2, 0.25) is 0 Å². The van der Waals surface area contributed by atoms with Crippen molar-refractivity contribution in [1.82, 2.24) is 9.78 Å². The van der Waals surface area contributed by atoms with Gasteiger partial charge in [-0.15, -0.1) is 0 Å². The van der Waals surface area contributed by atoms with Crippen LogP contribution in [0.5, 0.6) is 0 Å². The van der Waals surface area contributed by atoms with E-state index in [4.69, 9.17) is 0 Å². The van der Waals surface area contributed by atoms with E-state index in [0.29, 0.717) is 0 Å². The van der Waals surface area contributed by atoms with E-state index < -0.39 is 0 Å².